The van der Waals surface area contributed by atoms with Crippen molar-refractivity contribution in [2.24, 2.45) is 5.92 Å². The Morgan fingerprint density at radius 3 is 2.30 bits per heavy atom. The number of benzene rings is 2. The Morgan fingerprint density at radius 2 is 1.63 bits per heavy atom. The summed E-state index contributed by atoms with van der Waals surface area (Å²) >= 11 is 0. The fraction of sp³-hybridized carbons (Fsp3) is 0.435. The van der Waals surface area contributed by atoms with Crippen LogP contribution in [0.5, 0.6) is 0 Å². The first-order chi connectivity index (χ1) is 12.6. The van der Waals surface area contributed by atoms with Crippen LogP contribution in [-0.4, -0.2) is 30.9 Å². The summed E-state index contributed by atoms with van der Waals surface area (Å²) in [5.74, 6) is 0.486. The first-order valence-corrected chi connectivity index (χ1v) is 9.66. The van der Waals surface area contributed by atoms with Gasteiger partial charge in [0.25, 0.3) is 5.91 Å². The maximum Gasteiger partial charge on any atom is 0.251 e. The summed E-state index contributed by atoms with van der Waals surface area (Å²) in [5.41, 5.74) is 3.15. The van der Waals surface area contributed by atoms with Crippen LogP contribution in [0.4, 0.5) is 0 Å². The second-order valence-electron chi connectivity index (χ2n) is 7.66. The van der Waals surface area contributed by atoms with Gasteiger partial charge in [-0.1, -0.05) is 61.4 Å². The summed E-state index contributed by atoms with van der Waals surface area (Å²) in [7, 11) is 4.29. The van der Waals surface area contributed by atoms with E-state index in [4.69, 9.17) is 0 Å². The Morgan fingerprint density at radius 1 is 1.00 bits per heavy atom. The molecule has 0 aromatic heterocycles. The highest BCUT2D eigenvalue weighted by Gasteiger charge is 2.35. The van der Waals surface area contributed by atoms with Crippen molar-refractivity contribution in [1.82, 2.24) is 10.2 Å². The molecular formula is C23H31ClN2O. The number of carbonyl (C=O) groups is 1. The quantitative estimate of drug-likeness (QED) is 0.783. The number of hydrogen-bond donors (Lipinski definition) is 1. The molecule has 1 amide bonds. The zero-order valence-electron chi connectivity index (χ0n) is 16.5. The van der Waals surface area contributed by atoms with E-state index < -0.39 is 0 Å². The molecule has 3 atom stereocenters. The number of halogens is 1. The van der Waals surface area contributed by atoms with E-state index in [0.717, 1.165) is 24.0 Å². The normalized spacial score (nSPS) is 20.6. The number of amides is 1. The molecule has 27 heavy (non-hydrogen) atoms. The molecular weight excluding hydrogens is 356 g/mol. The van der Waals surface area contributed by atoms with Crippen LogP contribution in [0.15, 0.2) is 54.6 Å². The van der Waals surface area contributed by atoms with Crippen molar-refractivity contribution in [3.8, 4) is 0 Å². The molecule has 1 fully saturated rings. The fourth-order valence-corrected chi connectivity index (χ4v) is 4.37. The number of carbonyl (C=O) groups excluding carboxylic acids is 1. The molecule has 1 N–H and O–H groups in total. The average molecular weight is 387 g/mol. The Bertz CT molecular complexity index is 732. The molecule has 0 heterocycles. The molecule has 0 saturated heterocycles. The van der Waals surface area contributed by atoms with Gasteiger partial charge in [-0.15, -0.1) is 12.4 Å². The highest BCUT2D eigenvalue weighted by atomic mass is 35.5. The monoisotopic (exact) mass is 386 g/mol. The van der Waals surface area contributed by atoms with E-state index in [9.17, 15) is 4.79 Å². The van der Waals surface area contributed by atoms with Gasteiger partial charge in [0.05, 0.1) is 0 Å². The molecule has 1 aliphatic rings. The van der Waals surface area contributed by atoms with Gasteiger partial charge in [0, 0.05) is 17.6 Å². The zero-order valence-corrected chi connectivity index (χ0v) is 17.3. The van der Waals surface area contributed by atoms with E-state index in [1.54, 1.807) is 0 Å². The van der Waals surface area contributed by atoms with Crippen molar-refractivity contribution in [3.63, 3.8) is 0 Å². The first-order valence-electron chi connectivity index (χ1n) is 9.66. The van der Waals surface area contributed by atoms with Gasteiger partial charge in [-0.2, -0.15) is 0 Å². The van der Waals surface area contributed by atoms with Crippen LogP contribution in [0.25, 0.3) is 0 Å². The van der Waals surface area contributed by atoms with E-state index >= 15 is 0 Å². The molecule has 1 unspecified atom stereocenters. The number of nitrogens with one attached hydrogen (secondary N) is 1. The van der Waals surface area contributed by atoms with Crippen LogP contribution >= 0.6 is 12.4 Å². The zero-order chi connectivity index (χ0) is 18.5. The minimum Gasteiger partial charge on any atom is -0.349 e. The van der Waals surface area contributed by atoms with Gasteiger partial charge < -0.3 is 10.2 Å². The molecule has 0 aliphatic heterocycles. The van der Waals surface area contributed by atoms with Crippen LogP contribution in [-0.2, 0) is 0 Å². The summed E-state index contributed by atoms with van der Waals surface area (Å²) in [5, 5.41) is 3.37. The minimum absolute atomic E-state index is 0. The molecule has 1 saturated carbocycles. The van der Waals surface area contributed by atoms with E-state index in [-0.39, 0.29) is 24.4 Å². The maximum absolute atomic E-state index is 12.9. The second kappa shape index (κ2) is 9.91. The summed E-state index contributed by atoms with van der Waals surface area (Å²) in [6, 6.07) is 19.1. The average Bonchev–Trinajstić information content (AvgIpc) is 2.64. The number of rotatable bonds is 5. The summed E-state index contributed by atoms with van der Waals surface area (Å²) < 4.78 is 0. The van der Waals surface area contributed by atoms with Crippen LogP contribution in [0.1, 0.15) is 53.2 Å². The van der Waals surface area contributed by atoms with Crippen LogP contribution in [0.2, 0.25) is 0 Å². The lowest BCUT2D eigenvalue weighted by Crippen LogP contribution is -2.47. The van der Waals surface area contributed by atoms with Gasteiger partial charge in [-0.25, -0.2) is 0 Å². The first kappa shape index (κ1) is 21.5. The van der Waals surface area contributed by atoms with Gasteiger partial charge in [0.2, 0.25) is 0 Å². The number of nitrogens with zero attached hydrogens (tertiary/aromatic N) is 1. The third kappa shape index (κ3) is 5.12. The van der Waals surface area contributed by atoms with Crippen LogP contribution < -0.4 is 5.32 Å². The van der Waals surface area contributed by atoms with Gasteiger partial charge in [0.15, 0.2) is 0 Å². The summed E-state index contributed by atoms with van der Waals surface area (Å²) in [4.78, 5) is 15.2. The van der Waals surface area contributed by atoms with Gasteiger partial charge in [-0.3, -0.25) is 4.79 Å². The van der Waals surface area contributed by atoms with Crippen LogP contribution in [0, 0.1) is 12.8 Å². The van der Waals surface area contributed by atoms with E-state index in [1.807, 2.05) is 31.2 Å². The lowest BCUT2D eigenvalue weighted by Gasteiger charge is -2.41. The molecule has 1 aliphatic carbocycles. The van der Waals surface area contributed by atoms with Crippen molar-refractivity contribution in [2.45, 2.75) is 44.7 Å². The van der Waals surface area contributed by atoms with Crippen molar-refractivity contribution >= 4 is 18.3 Å². The van der Waals surface area contributed by atoms with Crippen molar-refractivity contribution in [2.75, 3.05) is 14.1 Å². The smallest absolute Gasteiger partial charge is 0.251 e. The van der Waals surface area contributed by atoms with E-state index in [2.05, 4.69) is 54.6 Å². The maximum atomic E-state index is 12.9. The predicted molar refractivity (Wildman–Crippen MR) is 115 cm³/mol. The fourth-order valence-electron chi connectivity index (χ4n) is 4.37. The topological polar surface area (TPSA) is 32.3 Å². The molecule has 0 spiro atoms. The molecule has 2 aromatic carbocycles. The Labute approximate surface area is 169 Å². The molecule has 3 rings (SSSR count). The number of hydrogen-bond acceptors (Lipinski definition) is 2. The SMILES string of the molecule is Cc1ccccc1C(=O)N[C@@H]1CCCC[C@@H]1C(c1ccccc1)N(C)C.Cl. The minimum atomic E-state index is 0. The predicted octanol–water partition coefficient (Wildman–Crippen LogP) is 5.01. The van der Waals surface area contributed by atoms with Gasteiger partial charge in [-0.05, 0) is 57.0 Å². The molecule has 146 valence electrons. The standard InChI is InChI=1S/C23H30N2O.ClH/c1-17-11-7-8-14-19(17)23(26)24-21-16-10-9-15-20(21)22(25(2)3)18-12-5-4-6-13-18;/h4-8,11-14,20-22H,9-10,15-16H2,1-3H3,(H,24,26);1H/t20-,21+,22?;/m0./s1. The lowest BCUT2D eigenvalue weighted by atomic mass is 9.77. The van der Waals surface area contributed by atoms with E-state index in [0.29, 0.717) is 12.0 Å². The second-order valence-corrected chi connectivity index (χ2v) is 7.66. The molecule has 2 aromatic rings. The third-order valence-corrected chi connectivity index (χ3v) is 5.63. The largest absolute Gasteiger partial charge is 0.349 e. The van der Waals surface area contributed by atoms with Crippen LogP contribution in [0.3, 0.4) is 0 Å². The highest BCUT2D eigenvalue weighted by molar-refractivity contribution is 5.95. The summed E-state index contributed by atoms with van der Waals surface area (Å²) in [6.45, 7) is 2.00. The van der Waals surface area contributed by atoms with Gasteiger partial charge >= 0.3 is 0 Å². The Hall–Kier alpha value is -1.84. The number of aryl methyl sites for hydroxylation is 1. The lowest BCUT2D eigenvalue weighted by molar-refractivity contribution is 0.0845. The third-order valence-electron chi connectivity index (χ3n) is 5.63. The molecule has 3 nitrogen and oxygen atoms in total. The Balaban J connectivity index is 0.00000261. The molecule has 0 bridgehead atoms. The van der Waals surface area contributed by atoms with Crippen molar-refractivity contribution in [3.05, 3.63) is 71.3 Å². The molecule has 4 heteroatoms. The van der Waals surface area contributed by atoms with Crippen molar-refractivity contribution in [1.29, 1.82) is 0 Å². The highest BCUT2D eigenvalue weighted by Crippen LogP contribution is 2.37. The molecule has 0 radical (unpaired) electrons. The Kier molecular flexibility index (Phi) is 7.88. The van der Waals surface area contributed by atoms with E-state index in [1.165, 1.54) is 18.4 Å². The summed E-state index contributed by atoms with van der Waals surface area (Å²) in [6.07, 6.45) is 4.62. The van der Waals surface area contributed by atoms with Crippen molar-refractivity contribution < 1.29 is 4.79 Å². The van der Waals surface area contributed by atoms with Gasteiger partial charge in [0.1, 0.15) is 0 Å².